The van der Waals surface area contributed by atoms with E-state index >= 15 is 0 Å². The number of hydrogen-bond acceptors (Lipinski definition) is 5. The standard InChI is InChI=1S/C16H15N3OS2/c1-10-4-3-5-12(6-10)15-18-13(9-21-15)7-14(20)19-16-17-11(2)8-22-16/h3-6,8-9H,7H2,1-2H3,(H,17,19,20). The molecular weight excluding hydrogens is 314 g/mol. The van der Waals surface area contributed by atoms with Gasteiger partial charge in [0.1, 0.15) is 5.01 Å². The Morgan fingerprint density at radius 3 is 2.77 bits per heavy atom. The Hall–Kier alpha value is -2.05. The average molecular weight is 329 g/mol. The van der Waals surface area contributed by atoms with Crippen molar-refractivity contribution in [2.45, 2.75) is 20.3 Å². The summed E-state index contributed by atoms with van der Waals surface area (Å²) in [6.07, 6.45) is 0.265. The SMILES string of the molecule is Cc1cccc(-c2nc(CC(=O)Nc3nc(C)cs3)cs2)c1. The van der Waals surface area contributed by atoms with Crippen molar-refractivity contribution < 1.29 is 4.79 Å². The van der Waals surface area contributed by atoms with Gasteiger partial charge in [-0.15, -0.1) is 22.7 Å². The number of carbonyl (C=O) groups is 1. The minimum Gasteiger partial charge on any atom is -0.302 e. The maximum absolute atomic E-state index is 12.0. The van der Waals surface area contributed by atoms with Gasteiger partial charge >= 0.3 is 0 Å². The number of nitrogens with one attached hydrogen (secondary N) is 1. The first-order valence-electron chi connectivity index (χ1n) is 6.83. The molecule has 1 aromatic carbocycles. The van der Waals surface area contributed by atoms with Gasteiger partial charge in [0.15, 0.2) is 5.13 Å². The molecule has 0 aliphatic carbocycles. The molecule has 0 bridgehead atoms. The fourth-order valence-corrected chi connectivity index (χ4v) is 3.56. The summed E-state index contributed by atoms with van der Waals surface area (Å²) in [5, 5.41) is 8.23. The Morgan fingerprint density at radius 1 is 1.18 bits per heavy atom. The quantitative estimate of drug-likeness (QED) is 0.785. The summed E-state index contributed by atoms with van der Waals surface area (Å²) < 4.78 is 0. The van der Waals surface area contributed by atoms with E-state index in [1.54, 1.807) is 11.3 Å². The molecule has 0 unspecified atom stereocenters. The molecule has 4 nitrogen and oxygen atoms in total. The molecule has 0 aliphatic rings. The van der Waals surface area contributed by atoms with E-state index in [1.807, 2.05) is 29.8 Å². The number of aryl methyl sites for hydroxylation is 2. The lowest BCUT2D eigenvalue weighted by Gasteiger charge is -1.99. The number of rotatable bonds is 4. The van der Waals surface area contributed by atoms with Gasteiger partial charge in [0.2, 0.25) is 5.91 Å². The van der Waals surface area contributed by atoms with Crippen molar-refractivity contribution in [3.05, 3.63) is 52.0 Å². The van der Waals surface area contributed by atoms with E-state index in [0.717, 1.165) is 22.0 Å². The van der Waals surface area contributed by atoms with Gasteiger partial charge in [-0.3, -0.25) is 4.79 Å². The van der Waals surface area contributed by atoms with Crippen molar-refractivity contribution in [2.24, 2.45) is 0 Å². The molecule has 0 fully saturated rings. The number of anilines is 1. The van der Waals surface area contributed by atoms with Crippen molar-refractivity contribution >= 4 is 33.7 Å². The number of hydrogen-bond donors (Lipinski definition) is 1. The summed E-state index contributed by atoms with van der Waals surface area (Å²) >= 11 is 2.99. The maximum Gasteiger partial charge on any atom is 0.232 e. The summed E-state index contributed by atoms with van der Waals surface area (Å²) in [4.78, 5) is 20.8. The van der Waals surface area contributed by atoms with Crippen LogP contribution < -0.4 is 5.32 Å². The first-order chi connectivity index (χ1) is 10.6. The van der Waals surface area contributed by atoms with E-state index < -0.39 is 0 Å². The molecule has 22 heavy (non-hydrogen) atoms. The van der Waals surface area contributed by atoms with Crippen LogP contribution in [-0.4, -0.2) is 15.9 Å². The fourth-order valence-electron chi connectivity index (χ4n) is 2.04. The summed E-state index contributed by atoms with van der Waals surface area (Å²) in [7, 11) is 0. The monoisotopic (exact) mass is 329 g/mol. The number of carbonyl (C=O) groups excluding carboxylic acids is 1. The lowest BCUT2D eigenvalue weighted by molar-refractivity contribution is -0.115. The third kappa shape index (κ3) is 3.58. The minimum absolute atomic E-state index is 0.0876. The average Bonchev–Trinajstić information content (AvgIpc) is 3.08. The number of thiazole rings is 2. The number of amides is 1. The molecule has 0 atom stereocenters. The van der Waals surface area contributed by atoms with Gasteiger partial charge < -0.3 is 5.32 Å². The zero-order chi connectivity index (χ0) is 15.5. The Bertz CT molecular complexity index is 807. The second-order valence-electron chi connectivity index (χ2n) is 5.03. The highest BCUT2D eigenvalue weighted by Gasteiger charge is 2.10. The number of benzene rings is 1. The summed E-state index contributed by atoms with van der Waals surface area (Å²) in [6.45, 7) is 3.96. The lowest BCUT2D eigenvalue weighted by Crippen LogP contribution is -2.14. The van der Waals surface area contributed by atoms with Crippen LogP contribution in [0.4, 0.5) is 5.13 Å². The highest BCUT2D eigenvalue weighted by atomic mass is 32.1. The molecule has 0 radical (unpaired) electrons. The molecule has 1 amide bonds. The zero-order valence-electron chi connectivity index (χ0n) is 12.3. The van der Waals surface area contributed by atoms with Gasteiger partial charge in [0.25, 0.3) is 0 Å². The largest absolute Gasteiger partial charge is 0.302 e. The molecule has 0 saturated heterocycles. The van der Waals surface area contributed by atoms with Gasteiger partial charge in [0, 0.05) is 16.3 Å². The maximum atomic E-state index is 12.0. The van der Waals surface area contributed by atoms with Gasteiger partial charge in [-0.1, -0.05) is 23.8 Å². The van der Waals surface area contributed by atoms with E-state index in [4.69, 9.17) is 0 Å². The lowest BCUT2D eigenvalue weighted by atomic mass is 10.1. The third-order valence-electron chi connectivity index (χ3n) is 3.02. The molecule has 2 aromatic heterocycles. The normalized spacial score (nSPS) is 10.6. The highest BCUT2D eigenvalue weighted by molar-refractivity contribution is 7.14. The predicted molar refractivity (Wildman–Crippen MR) is 91.5 cm³/mol. The molecule has 3 aromatic rings. The molecule has 0 aliphatic heterocycles. The first-order valence-corrected chi connectivity index (χ1v) is 8.59. The summed E-state index contributed by atoms with van der Waals surface area (Å²) in [6, 6.07) is 8.21. The third-order valence-corrected chi connectivity index (χ3v) is 4.84. The van der Waals surface area contributed by atoms with Crippen molar-refractivity contribution in [1.29, 1.82) is 0 Å². The van der Waals surface area contributed by atoms with Crippen LogP contribution >= 0.6 is 22.7 Å². The topological polar surface area (TPSA) is 54.9 Å². The van der Waals surface area contributed by atoms with Crippen LogP contribution in [0.1, 0.15) is 17.0 Å². The molecule has 3 rings (SSSR count). The van der Waals surface area contributed by atoms with Crippen molar-refractivity contribution in [1.82, 2.24) is 9.97 Å². The minimum atomic E-state index is -0.0876. The van der Waals surface area contributed by atoms with Crippen molar-refractivity contribution in [3.63, 3.8) is 0 Å². The molecular formula is C16H15N3OS2. The van der Waals surface area contributed by atoms with E-state index in [-0.39, 0.29) is 12.3 Å². The Morgan fingerprint density at radius 2 is 2.05 bits per heavy atom. The summed E-state index contributed by atoms with van der Waals surface area (Å²) in [5.41, 5.74) is 3.99. The van der Waals surface area contributed by atoms with E-state index in [0.29, 0.717) is 5.13 Å². The molecule has 1 N–H and O–H groups in total. The van der Waals surface area contributed by atoms with Crippen molar-refractivity contribution in [2.75, 3.05) is 5.32 Å². The van der Waals surface area contributed by atoms with Gasteiger partial charge in [-0.25, -0.2) is 9.97 Å². The van der Waals surface area contributed by atoms with E-state index in [2.05, 4.69) is 34.3 Å². The van der Waals surface area contributed by atoms with Crippen molar-refractivity contribution in [3.8, 4) is 10.6 Å². The molecule has 2 heterocycles. The van der Waals surface area contributed by atoms with E-state index in [9.17, 15) is 4.79 Å². The zero-order valence-corrected chi connectivity index (χ0v) is 13.9. The van der Waals surface area contributed by atoms with Crippen LogP contribution in [-0.2, 0) is 11.2 Å². The van der Waals surface area contributed by atoms with Crippen LogP contribution in [0.25, 0.3) is 10.6 Å². The molecule has 0 spiro atoms. The first kappa shape index (κ1) is 14.9. The smallest absolute Gasteiger partial charge is 0.232 e. The summed E-state index contributed by atoms with van der Waals surface area (Å²) in [5.74, 6) is -0.0876. The fraction of sp³-hybridized carbons (Fsp3) is 0.188. The van der Waals surface area contributed by atoms with Crippen LogP contribution in [0, 0.1) is 13.8 Å². The van der Waals surface area contributed by atoms with Crippen LogP contribution in [0.2, 0.25) is 0 Å². The van der Waals surface area contributed by atoms with Gasteiger partial charge in [0.05, 0.1) is 17.8 Å². The predicted octanol–water partition coefficient (Wildman–Crippen LogP) is 4.06. The van der Waals surface area contributed by atoms with Crippen LogP contribution in [0.3, 0.4) is 0 Å². The number of aromatic nitrogens is 2. The second-order valence-corrected chi connectivity index (χ2v) is 6.75. The number of nitrogens with zero attached hydrogens (tertiary/aromatic N) is 2. The Labute approximate surface area is 136 Å². The molecule has 0 saturated carbocycles. The van der Waals surface area contributed by atoms with Crippen LogP contribution in [0.15, 0.2) is 35.0 Å². The van der Waals surface area contributed by atoms with E-state index in [1.165, 1.54) is 16.9 Å². The second kappa shape index (κ2) is 6.37. The Kier molecular flexibility index (Phi) is 4.31. The molecule has 112 valence electrons. The molecule has 6 heteroatoms. The Balaban J connectivity index is 1.67. The highest BCUT2D eigenvalue weighted by Crippen LogP contribution is 2.24. The van der Waals surface area contributed by atoms with Crippen LogP contribution in [0.5, 0.6) is 0 Å². The van der Waals surface area contributed by atoms with Gasteiger partial charge in [-0.2, -0.15) is 0 Å². The van der Waals surface area contributed by atoms with Gasteiger partial charge in [-0.05, 0) is 19.9 Å².